The lowest BCUT2D eigenvalue weighted by molar-refractivity contribution is 0.0192. The lowest BCUT2D eigenvalue weighted by Crippen LogP contribution is -2.26. The van der Waals surface area contributed by atoms with Crippen LogP contribution >= 0.6 is 0 Å². The quantitative estimate of drug-likeness (QED) is 0.598. The van der Waals surface area contributed by atoms with Crippen molar-refractivity contribution in [2.75, 3.05) is 53.8 Å². The van der Waals surface area contributed by atoms with E-state index >= 15 is 0 Å². The first-order valence-corrected chi connectivity index (χ1v) is 7.34. The van der Waals surface area contributed by atoms with Crippen LogP contribution in [0.5, 0.6) is 5.75 Å². The molecule has 0 saturated heterocycles. The highest BCUT2D eigenvalue weighted by Gasteiger charge is 2.14. The molecular weight excluding hydrogens is 270 g/mol. The van der Waals surface area contributed by atoms with Gasteiger partial charge in [-0.15, -0.1) is 0 Å². The molecule has 21 heavy (non-hydrogen) atoms. The number of hydrogen-bond donors (Lipinski definition) is 1. The van der Waals surface area contributed by atoms with Crippen molar-refractivity contribution in [3.63, 3.8) is 0 Å². The molecule has 1 unspecified atom stereocenters. The lowest BCUT2D eigenvalue weighted by atomic mass is 10.1. The van der Waals surface area contributed by atoms with Gasteiger partial charge in [-0.2, -0.15) is 0 Å². The molecule has 1 aromatic rings. The SMILES string of the molecule is CCNC(COCCOCCOC)c1ccccc1OC. The van der Waals surface area contributed by atoms with Crippen LogP contribution in [0.3, 0.4) is 0 Å². The zero-order valence-electron chi connectivity index (χ0n) is 13.3. The molecule has 0 aromatic heterocycles. The van der Waals surface area contributed by atoms with Gasteiger partial charge in [0.15, 0.2) is 0 Å². The second-order valence-electron chi connectivity index (χ2n) is 4.53. The fourth-order valence-electron chi connectivity index (χ4n) is 2.02. The predicted octanol–water partition coefficient (Wildman–Crippen LogP) is 2.03. The summed E-state index contributed by atoms with van der Waals surface area (Å²) < 4.78 is 21.4. The molecule has 0 aliphatic rings. The van der Waals surface area contributed by atoms with Gasteiger partial charge >= 0.3 is 0 Å². The Labute approximate surface area is 127 Å². The van der Waals surface area contributed by atoms with Crippen molar-refractivity contribution in [3.05, 3.63) is 29.8 Å². The van der Waals surface area contributed by atoms with Crippen LogP contribution in [0.4, 0.5) is 0 Å². The summed E-state index contributed by atoms with van der Waals surface area (Å²) in [6.07, 6.45) is 0. The maximum absolute atomic E-state index is 5.70. The Balaban J connectivity index is 2.39. The third-order valence-corrected chi connectivity index (χ3v) is 3.05. The zero-order chi connectivity index (χ0) is 15.3. The standard InChI is InChI=1S/C16H27NO4/c1-4-17-15(13-21-12-11-20-10-9-18-2)14-7-5-6-8-16(14)19-3/h5-8,15,17H,4,9-13H2,1-3H3. The maximum Gasteiger partial charge on any atom is 0.123 e. The van der Waals surface area contributed by atoms with Crippen molar-refractivity contribution in [2.45, 2.75) is 13.0 Å². The van der Waals surface area contributed by atoms with E-state index in [0.717, 1.165) is 17.9 Å². The smallest absolute Gasteiger partial charge is 0.123 e. The summed E-state index contributed by atoms with van der Waals surface area (Å²) in [4.78, 5) is 0. The summed E-state index contributed by atoms with van der Waals surface area (Å²) in [7, 11) is 3.35. The van der Waals surface area contributed by atoms with Crippen LogP contribution in [0.25, 0.3) is 0 Å². The molecule has 120 valence electrons. The monoisotopic (exact) mass is 297 g/mol. The molecule has 0 aliphatic carbocycles. The van der Waals surface area contributed by atoms with E-state index in [4.69, 9.17) is 18.9 Å². The number of likely N-dealkylation sites (N-methyl/N-ethyl adjacent to an activating group) is 1. The van der Waals surface area contributed by atoms with Gasteiger partial charge < -0.3 is 24.3 Å². The summed E-state index contributed by atoms with van der Waals surface area (Å²) >= 11 is 0. The summed E-state index contributed by atoms with van der Waals surface area (Å²) in [5.41, 5.74) is 1.11. The summed E-state index contributed by atoms with van der Waals surface area (Å²) in [6, 6.07) is 8.12. The van der Waals surface area contributed by atoms with Crippen LogP contribution in [-0.2, 0) is 14.2 Å². The molecule has 1 atom stereocenters. The van der Waals surface area contributed by atoms with Crippen molar-refractivity contribution >= 4 is 0 Å². The second-order valence-corrected chi connectivity index (χ2v) is 4.53. The summed E-state index contributed by atoms with van der Waals surface area (Å²) in [5.74, 6) is 0.878. The molecule has 0 amide bonds. The third kappa shape index (κ3) is 6.91. The minimum Gasteiger partial charge on any atom is -0.496 e. The Morgan fingerprint density at radius 2 is 1.71 bits per heavy atom. The van der Waals surface area contributed by atoms with Crippen molar-refractivity contribution in [1.29, 1.82) is 0 Å². The fourth-order valence-corrected chi connectivity index (χ4v) is 2.02. The first kappa shape index (κ1) is 17.9. The topological polar surface area (TPSA) is 49.0 Å². The molecule has 5 heteroatoms. The number of rotatable bonds is 12. The highest BCUT2D eigenvalue weighted by molar-refractivity contribution is 5.35. The average Bonchev–Trinajstić information content (AvgIpc) is 2.53. The average molecular weight is 297 g/mol. The first-order valence-electron chi connectivity index (χ1n) is 7.34. The fraction of sp³-hybridized carbons (Fsp3) is 0.625. The van der Waals surface area contributed by atoms with Gasteiger partial charge in [0.2, 0.25) is 0 Å². The molecule has 1 N–H and O–H groups in total. The Kier molecular flexibility index (Phi) is 9.82. The molecular formula is C16H27NO4. The number of nitrogens with one attached hydrogen (secondary N) is 1. The van der Waals surface area contributed by atoms with Crippen molar-refractivity contribution in [1.82, 2.24) is 5.32 Å². The van der Waals surface area contributed by atoms with Crippen LogP contribution < -0.4 is 10.1 Å². The Bertz CT molecular complexity index is 373. The number of ether oxygens (including phenoxy) is 4. The molecule has 1 aromatic carbocycles. The Morgan fingerprint density at radius 1 is 1.00 bits per heavy atom. The van der Waals surface area contributed by atoms with Gasteiger partial charge in [0.25, 0.3) is 0 Å². The van der Waals surface area contributed by atoms with Gasteiger partial charge in [0, 0.05) is 12.7 Å². The summed E-state index contributed by atoms with van der Waals surface area (Å²) in [6.45, 7) is 5.90. The molecule has 0 aliphatic heterocycles. The van der Waals surface area contributed by atoms with Crippen molar-refractivity contribution in [3.8, 4) is 5.75 Å². The molecule has 0 bridgehead atoms. The normalized spacial score (nSPS) is 12.3. The molecule has 5 nitrogen and oxygen atoms in total. The predicted molar refractivity (Wildman–Crippen MR) is 82.9 cm³/mol. The number of methoxy groups -OCH3 is 2. The van der Waals surface area contributed by atoms with Gasteiger partial charge in [-0.1, -0.05) is 25.1 Å². The van der Waals surface area contributed by atoms with E-state index in [-0.39, 0.29) is 6.04 Å². The van der Waals surface area contributed by atoms with E-state index in [2.05, 4.69) is 18.3 Å². The van der Waals surface area contributed by atoms with Gasteiger partial charge in [0.1, 0.15) is 5.75 Å². The number of benzene rings is 1. The lowest BCUT2D eigenvalue weighted by Gasteiger charge is -2.20. The minimum atomic E-state index is 0.116. The van der Waals surface area contributed by atoms with Gasteiger partial charge in [0.05, 0.1) is 46.2 Å². The van der Waals surface area contributed by atoms with E-state index in [1.54, 1.807) is 14.2 Å². The van der Waals surface area contributed by atoms with Crippen LogP contribution in [0.1, 0.15) is 18.5 Å². The first-order chi connectivity index (χ1) is 10.3. The minimum absolute atomic E-state index is 0.116. The van der Waals surface area contributed by atoms with Crippen molar-refractivity contribution < 1.29 is 18.9 Å². The van der Waals surface area contributed by atoms with E-state index in [0.29, 0.717) is 33.0 Å². The Morgan fingerprint density at radius 3 is 2.43 bits per heavy atom. The van der Waals surface area contributed by atoms with E-state index in [1.807, 2.05) is 18.2 Å². The number of para-hydroxylation sites is 1. The molecule has 1 rings (SSSR count). The molecule has 0 fully saturated rings. The molecule has 0 radical (unpaired) electrons. The van der Waals surface area contributed by atoms with Crippen LogP contribution in [-0.4, -0.2) is 53.8 Å². The van der Waals surface area contributed by atoms with Gasteiger partial charge in [-0.25, -0.2) is 0 Å². The molecule has 0 spiro atoms. The van der Waals surface area contributed by atoms with Gasteiger partial charge in [-0.05, 0) is 12.6 Å². The Hall–Kier alpha value is -1.14. The van der Waals surface area contributed by atoms with Crippen LogP contribution in [0.2, 0.25) is 0 Å². The van der Waals surface area contributed by atoms with Crippen LogP contribution in [0.15, 0.2) is 24.3 Å². The van der Waals surface area contributed by atoms with E-state index in [1.165, 1.54) is 0 Å². The zero-order valence-corrected chi connectivity index (χ0v) is 13.3. The third-order valence-electron chi connectivity index (χ3n) is 3.05. The highest BCUT2D eigenvalue weighted by Crippen LogP contribution is 2.24. The van der Waals surface area contributed by atoms with Gasteiger partial charge in [-0.3, -0.25) is 0 Å². The number of hydrogen-bond acceptors (Lipinski definition) is 5. The summed E-state index contributed by atoms with van der Waals surface area (Å²) in [5, 5.41) is 3.42. The van der Waals surface area contributed by atoms with E-state index in [9.17, 15) is 0 Å². The van der Waals surface area contributed by atoms with E-state index < -0.39 is 0 Å². The second kappa shape index (κ2) is 11.5. The van der Waals surface area contributed by atoms with Crippen molar-refractivity contribution in [2.24, 2.45) is 0 Å². The molecule has 0 saturated carbocycles. The highest BCUT2D eigenvalue weighted by atomic mass is 16.5. The largest absolute Gasteiger partial charge is 0.496 e. The van der Waals surface area contributed by atoms with Crippen LogP contribution in [0, 0.1) is 0 Å². The maximum atomic E-state index is 5.70. The molecule has 0 heterocycles.